The number of ether oxygens (including phenoxy) is 2. The molecule has 0 aliphatic heterocycles. The van der Waals surface area contributed by atoms with Crippen LogP contribution < -0.4 is 10.1 Å². The van der Waals surface area contributed by atoms with Gasteiger partial charge in [-0.15, -0.1) is 0 Å². The maximum absolute atomic E-state index is 5.29. The van der Waals surface area contributed by atoms with Gasteiger partial charge in [-0.25, -0.2) is 0 Å². The summed E-state index contributed by atoms with van der Waals surface area (Å²) in [6.45, 7) is 2.98. The van der Waals surface area contributed by atoms with E-state index < -0.39 is 0 Å². The molecular weight excluding hydrogens is 226 g/mol. The second-order valence-corrected chi connectivity index (χ2v) is 5.04. The lowest BCUT2D eigenvalue weighted by Crippen LogP contribution is -2.31. The van der Waals surface area contributed by atoms with Crippen molar-refractivity contribution in [3.8, 4) is 5.75 Å². The van der Waals surface area contributed by atoms with Crippen LogP contribution in [-0.2, 0) is 4.74 Å². The number of hydrogen-bond acceptors (Lipinski definition) is 3. The Morgan fingerprint density at radius 2 is 1.89 bits per heavy atom. The molecule has 0 amide bonds. The molecule has 1 saturated carbocycles. The summed E-state index contributed by atoms with van der Waals surface area (Å²) in [6, 6.07) is 8.84. The van der Waals surface area contributed by atoms with Crippen LogP contribution in [0.4, 0.5) is 0 Å². The third-order valence-electron chi connectivity index (χ3n) is 3.60. The standard InChI is InChI=1S/C15H23NO2/c1-11(17-2)10-16-15(12-4-5-12)13-6-8-14(18-3)9-7-13/h6-9,11-12,15-16H,4-5,10H2,1-3H3. The van der Waals surface area contributed by atoms with Crippen LogP contribution in [0.2, 0.25) is 0 Å². The molecule has 2 rings (SSSR count). The first-order chi connectivity index (χ1) is 8.74. The summed E-state index contributed by atoms with van der Waals surface area (Å²) < 4.78 is 10.5. The summed E-state index contributed by atoms with van der Waals surface area (Å²) in [4.78, 5) is 0. The maximum atomic E-state index is 5.29. The van der Waals surface area contributed by atoms with E-state index in [4.69, 9.17) is 9.47 Å². The van der Waals surface area contributed by atoms with E-state index in [9.17, 15) is 0 Å². The monoisotopic (exact) mass is 249 g/mol. The van der Waals surface area contributed by atoms with E-state index in [0.717, 1.165) is 18.2 Å². The van der Waals surface area contributed by atoms with Gasteiger partial charge < -0.3 is 14.8 Å². The number of hydrogen-bond donors (Lipinski definition) is 1. The van der Waals surface area contributed by atoms with Gasteiger partial charge >= 0.3 is 0 Å². The molecule has 2 unspecified atom stereocenters. The molecule has 3 heteroatoms. The lowest BCUT2D eigenvalue weighted by atomic mass is 10.0. The van der Waals surface area contributed by atoms with Crippen molar-refractivity contribution in [2.75, 3.05) is 20.8 Å². The maximum Gasteiger partial charge on any atom is 0.118 e. The fraction of sp³-hybridized carbons (Fsp3) is 0.600. The van der Waals surface area contributed by atoms with Crippen molar-refractivity contribution in [3.63, 3.8) is 0 Å². The molecule has 1 aromatic carbocycles. The average molecular weight is 249 g/mol. The first-order valence-corrected chi connectivity index (χ1v) is 6.64. The van der Waals surface area contributed by atoms with Gasteiger partial charge in [0.25, 0.3) is 0 Å². The second-order valence-electron chi connectivity index (χ2n) is 5.04. The normalized spacial score (nSPS) is 18.4. The highest BCUT2D eigenvalue weighted by Gasteiger charge is 2.32. The Kier molecular flexibility index (Phi) is 4.61. The molecule has 18 heavy (non-hydrogen) atoms. The molecule has 1 aliphatic carbocycles. The molecule has 1 aromatic rings. The molecule has 0 heterocycles. The molecule has 100 valence electrons. The SMILES string of the molecule is COc1ccc(C(NCC(C)OC)C2CC2)cc1. The third-order valence-corrected chi connectivity index (χ3v) is 3.60. The number of nitrogens with one attached hydrogen (secondary N) is 1. The number of methoxy groups -OCH3 is 2. The quantitative estimate of drug-likeness (QED) is 0.806. The zero-order valence-corrected chi connectivity index (χ0v) is 11.5. The highest BCUT2D eigenvalue weighted by Crippen LogP contribution is 2.41. The van der Waals surface area contributed by atoms with Gasteiger partial charge in [-0.05, 0) is 43.4 Å². The Hall–Kier alpha value is -1.06. The molecule has 1 aliphatic rings. The van der Waals surface area contributed by atoms with E-state index in [-0.39, 0.29) is 6.10 Å². The van der Waals surface area contributed by atoms with Crippen LogP contribution in [0, 0.1) is 5.92 Å². The van der Waals surface area contributed by atoms with Crippen LogP contribution in [-0.4, -0.2) is 26.9 Å². The van der Waals surface area contributed by atoms with Crippen molar-refractivity contribution in [1.29, 1.82) is 0 Å². The lowest BCUT2D eigenvalue weighted by Gasteiger charge is -2.21. The molecule has 0 aromatic heterocycles. The Balaban J connectivity index is 1.99. The second kappa shape index (κ2) is 6.21. The zero-order valence-electron chi connectivity index (χ0n) is 11.5. The molecule has 1 fully saturated rings. The van der Waals surface area contributed by atoms with Crippen LogP contribution in [0.15, 0.2) is 24.3 Å². The molecule has 0 saturated heterocycles. The fourth-order valence-corrected chi connectivity index (χ4v) is 2.17. The Morgan fingerprint density at radius 3 is 2.39 bits per heavy atom. The van der Waals surface area contributed by atoms with Gasteiger partial charge in [-0.3, -0.25) is 0 Å². The summed E-state index contributed by atoms with van der Waals surface area (Å²) in [5, 5.41) is 3.62. The van der Waals surface area contributed by atoms with E-state index in [2.05, 4.69) is 24.4 Å². The molecule has 3 nitrogen and oxygen atoms in total. The van der Waals surface area contributed by atoms with E-state index in [0.29, 0.717) is 6.04 Å². The number of benzene rings is 1. The first-order valence-electron chi connectivity index (χ1n) is 6.64. The molecule has 1 N–H and O–H groups in total. The van der Waals surface area contributed by atoms with E-state index in [1.807, 2.05) is 12.1 Å². The topological polar surface area (TPSA) is 30.5 Å². The Morgan fingerprint density at radius 1 is 1.22 bits per heavy atom. The average Bonchev–Trinajstić information content (AvgIpc) is 3.24. The minimum absolute atomic E-state index is 0.254. The van der Waals surface area contributed by atoms with Gasteiger partial charge in [0.05, 0.1) is 13.2 Å². The molecule has 0 bridgehead atoms. The Bertz CT molecular complexity index is 359. The Labute approximate surface area is 109 Å². The minimum atomic E-state index is 0.254. The van der Waals surface area contributed by atoms with Crippen LogP contribution in [0.3, 0.4) is 0 Å². The minimum Gasteiger partial charge on any atom is -0.497 e. The first kappa shape index (κ1) is 13.4. The molecular formula is C15H23NO2. The zero-order chi connectivity index (χ0) is 13.0. The van der Waals surface area contributed by atoms with Gasteiger partial charge in [0, 0.05) is 19.7 Å². The van der Waals surface area contributed by atoms with Crippen LogP contribution in [0.1, 0.15) is 31.4 Å². The van der Waals surface area contributed by atoms with Crippen molar-refractivity contribution < 1.29 is 9.47 Å². The summed E-state index contributed by atoms with van der Waals surface area (Å²) >= 11 is 0. The van der Waals surface area contributed by atoms with E-state index in [1.54, 1.807) is 14.2 Å². The molecule has 0 radical (unpaired) electrons. The fourth-order valence-electron chi connectivity index (χ4n) is 2.17. The summed E-state index contributed by atoms with van der Waals surface area (Å²) in [7, 11) is 3.46. The van der Waals surface area contributed by atoms with Gasteiger partial charge in [0.1, 0.15) is 5.75 Å². The van der Waals surface area contributed by atoms with E-state index >= 15 is 0 Å². The van der Waals surface area contributed by atoms with Crippen LogP contribution in [0.25, 0.3) is 0 Å². The van der Waals surface area contributed by atoms with Gasteiger partial charge in [0.15, 0.2) is 0 Å². The van der Waals surface area contributed by atoms with Crippen LogP contribution >= 0.6 is 0 Å². The number of rotatable bonds is 7. The predicted octanol–water partition coefficient (Wildman–Crippen LogP) is 2.77. The van der Waals surface area contributed by atoms with Gasteiger partial charge in [0.2, 0.25) is 0 Å². The van der Waals surface area contributed by atoms with Crippen molar-refractivity contribution in [2.24, 2.45) is 5.92 Å². The van der Waals surface area contributed by atoms with Crippen molar-refractivity contribution in [2.45, 2.75) is 31.9 Å². The largest absolute Gasteiger partial charge is 0.497 e. The third kappa shape index (κ3) is 3.47. The van der Waals surface area contributed by atoms with E-state index in [1.165, 1.54) is 18.4 Å². The van der Waals surface area contributed by atoms with Crippen molar-refractivity contribution >= 4 is 0 Å². The summed E-state index contributed by atoms with van der Waals surface area (Å²) in [5.41, 5.74) is 1.35. The summed E-state index contributed by atoms with van der Waals surface area (Å²) in [5.74, 6) is 1.70. The highest BCUT2D eigenvalue weighted by atomic mass is 16.5. The lowest BCUT2D eigenvalue weighted by molar-refractivity contribution is 0.113. The molecule has 0 spiro atoms. The molecule has 2 atom stereocenters. The van der Waals surface area contributed by atoms with Gasteiger partial charge in [-0.2, -0.15) is 0 Å². The summed E-state index contributed by atoms with van der Waals surface area (Å²) in [6.07, 6.45) is 2.90. The smallest absolute Gasteiger partial charge is 0.118 e. The van der Waals surface area contributed by atoms with Gasteiger partial charge in [-0.1, -0.05) is 12.1 Å². The predicted molar refractivity (Wildman–Crippen MR) is 72.9 cm³/mol. The van der Waals surface area contributed by atoms with Crippen LogP contribution in [0.5, 0.6) is 5.75 Å². The van der Waals surface area contributed by atoms with Crippen molar-refractivity contribution in [3.05, 3.63) is 29.8 Å². The highest BCUT2D eigenvalue weighted by molar-refractivity contribution is 5.30. The van der Waals surface area contributed by atoms with Crippen molar-refractivity contribution in [1.82, 2.24) is 5.32 Å².